The largest absolute Gasteiger partial charge is 0.452 e. The zero-order valence-corrected chi connectivity index (χ0v) is 18.6. The van der Waals surface area contributed by atoms with Gasteiger partial charge in [-0.25, -0.2) is 13.2 Å². The molecule has 2 aromatic rings. The second kappa shape index (κ2) is 10.4. The van der Waals surface area contributed by atoms with E-state index in [1.807, 2.05) is 31.2 Å². The van der Waals surface area contributed by atoms with Crippen LogP contribution in [0.15, 0.2) is 53.4 Å². The van der Waals surface area contributed by atoms with Crippen molar-refractivity contribution in [2.24, 2.45) is 0 Å². The van der Waals surface area contributed by atoms with Gasteiger partial charge in [-0.1, -0.05) is 43.7 Å². The molecule has 0 aliphatic carbocycles. The van der Waals surface area contributed by atoms with E-state index in [-0.39, 0.29) is 23.0 Å². The fourth-order valence-corrected chi connectivity index (χ4v) is 4.31. The first-order valence-electron chi connectivity index (χ1n) is 9.75. The van der Waals surface area contributed by atoms with Gasteiger partial charge in [-0.2, -0.15) is 4.31 Å². The second-order valence-corrected chi connectivity index (χ2v) is 8.86. The molecule has 0 aromatic heterocycles. The Hall–Kier alpha value is -2.71. The quantitative estimate of drug-likeness (QED) is 0.569. The molecule has 0 spiro atoms. The minimum atomic E-state index is -3.59. The summed E-state index contributed by atoms with van der Waals surface area (Å²) in [6, 6.07) is 13.3. The highest BCUT2D eigenvalue weighted by molar-refractivity contribution is 7.89. The minimum absolute atomic E-state index is 0.108. The van der Waals surface area contributed by atoms with Gasteiger partial charge in [-0.05, 0) is 36.8 Å². The summed E-state index contributed by atoms with van der Waals surface area (Å²) in [4.78, 5) is 26.1. The lowest BCUT2D eigenvalue weighted by atomic mass is 10.1. The molecular formula is C22H28N2O5S. The first kappa shape index (κ1) is 23.6. The van der Waals surface area contributed by atoms with Crippen molar-refractivity contribution in [1.29, 1.82) is 0 Å². The number of hydrogen-bond acceptors (Lipinski definition) is 5. The number of rotatable bonds is 9. The molecule has 0 heterocycles. The Kier molecular flexibility index (Phi) is 8.14. The maximum atomic E-state index is 12.5. The van der Waals surface area contributed by atoms with Gasteiger partial charge < -0.3 is 9.64 Å². The SMILES string of the molecule is CCN(CC)S(=O)(=O)c1ccc(C(=O)OCC(=O)N(C)Cc2ccc(C)cc2)cc1. The highest BCUT2D eigenvalue weighted by atomic mass is 32.2. The normalized spacial score (nSPS) is 11.4. The summed E-state index contributed by atoms with van der Waals surface area (Å²) >= 11 is 0. The molecule has 30 heavy (non-hydrogen) atoms. The van der Waals surface area contributed by atoms with Crippen molar-refractivity contribution in [1.82, 2.24) is 9.21 Å². The van der Waals surface area contributed by atoms with Crippen LogP contribution in [0.3, 0.4) is 0 Å². The van der Waals surface area contributed by atoms with Crippen LogP contribution in [0.5, 0.6) is 0 Å². The number of nitrogens with zero attached hydrogens (tertiary/aromatic N) is 2. The lowest BCUT2D eigenvalue weighted by molar-refractivity contribution is -0.133. The zero-order chi connectivity index (χ0) is 22.3. The molecule has 0 aliphatic heterocycles. The number of ether oxygens (including phenoxy) is 1. The molecule has 8 heteroatoms. The van der Waals surface area contributed by atoms with Gasteiger partial charge >= 0.3 is 5.97 Å². The van der Waals surface area contributed by atoms with Crippen LogP contribution in [0.4, 0.5) is 0 Å². The number of carbonyl (C=O) groups is 2. The van der Waals surface area contributed by atoms with E-state index in [1.165, 1.54) is 33.5 Å². The Balaban J connectivity index is 1.94. The third-order valence-electron chi connectivity index (χ3n) is 4.73. The van der Waals surface area contributed by atoms with E-state index in [4.69, 9.17) is 4.74 Å². The summed E-state index contributed by atoms with van der Waals surface area (Å²) in [6.45, 7) is 6.26. The standard InChI is InChI=1S/C22H28N2O5S/c1-5-24(6-2)30(27,28)20-13-11-19(12-14-20)22(26)29-16-21(25)23(4)15-18-9-7-17(3)8-10-18/h7-14H,5-6,15-16H2,1-4H3. The van der Waals surface area contributed by atoms with Crippen molar-refractivity contribution in [2.75, 3.05) is 26.7 Å². The van der Waals surface area contributed by atoms with Gasteiger partial charge in [0, 0.05) is 26.7 Å². The van der Waals surface area contributed by atoms with E-state index in [2.05, 4.69) is 0 Å². The third-order valence-corrected chi connectivity index (χ3v) is 6.79. The molecule has 162 valence electrons. The number of esters is 1. The fourth-order valence-electron chi connectivity index (χ4n) is 2.85. The molecule has 0 radical (unpaired) electrons. The van der Waals surface area contributed by atoms with Crippen LogP contribution in [0.25, 0.3) is 0 Å². The predicted octanol–water partition coefficient (Wildman–Crippen LogP) is 2.84. The van der Waals surface area contributed by atoms with Crippen LogP contribution in [0, 0.1) is 6.92 Å². The molecule has 0 bridgehead atoms. The highest BCUT2D eigenvalue weighted by Crippen LogP contribution is 2.16. The van der Waals surface area contributed by atoms with Crippen LogP contribution in [-0.4, -0.2) is 56.2 Å². The van der Waals surface area contributed by atoms with Gasteiger partial charge in [0.25, 0.3) is 5.91 Å². The molecule has 7 nitrogen and oxygen atoms in total. The van der Waals surface area contributed by atoms with Gasteiger partial charge in [0.15, 0.2) is 6.61 Å². The number of carbonyl (C=O) groups excluding carboxylic acids is 2. The summed E-state index contributed by atoms with van der Waals surface area (Å²) in [6.07, 6.45) is 0. The van der Waals surface area contributed by atoms with E-state index >= 15 is 0 Å². The maximum absolute atomic E-state index is 12.5. The van der Waals surface area contributed by atoms with Crippen molar-refractivity contribution in [3.8, 4) is 0 Å². The summed E-state index contributed by atoms with van der Waals surface area (Å²) < 4.78 is 31.4. The number of sulfonamides is 1. The summed E-state index contributed by atoms with van der Waals surface area (Å²) in [5.74, 6) is -1.01. The summed E-state index contributed by atoms with van der Waals surface area (Å²) in [5.41, 5.74) is 2.30. The first-order valence-corrected chi connectivity index (χ1v) is 11.2. The van der Waals surface area contributed by atoms with Crippen LogP contribution in [-0.2, 0) is 26.1 Å². The first-order chi connectivity index (χ1) is 14.2. The van der Waals surface area contributed by atoms with Crippen LogP contribution in [0.2, 0.25) is 0 Å². The monoisotopic (exact) mass is 432 g/mol. The molecule has 0 fully saturated rings. The van der Waals surface area contributed by atoms with Crippen molar-refractivity contribution in [3.05, 3.63) is 65.2 Å². The van der Waals surface area contributed by atoms with Gasteiger partial charge in [0.05, 0.1) is 10.5 Å². The van der Waals surface area contributed by atoms with Crippen molar-refractivity contribution >= 4 is 21.9 Å². The van der Waals surface area contributed by atoms with E-state index in [1.54, 1.807) is 20.9 Å². The molecular weight excluding hydrogens is 404 g/mol. The Bertz CT molecular complexity index is 966. The van der Waals surface area contributed by atoms with Crippen molar-refractivity contribution < 1.29 is 22.7 Å². The highest BCUT2D eigenvalue weighted by Gasteiger charge is 2.22. The number of hydrogen-bond donors (Lipinski definition) is 0. The fraction of sp³-hybridized carbons (Fsp3) is 0.364. The third kappa shape index (κ3) is 5.90. The van der Waals surface area contributed by atoms with Gasteiger partial charge in [-0.15, -0.1) is 0 Å². The van der Waals surface area contributed by atoms with Crippen LogP contribution in [0.1, 0.15) is 35.3 Å². The lowest BCUT2D eigenvalue weighted by Gasteiger charge is -2.18. The van der Waals surface area contributed by atoms with E-state index < -0.39 is 16.0 Å². The number of likely N-dealkylation sites (N-methyl/N-ethyl adjacent to an activating group) is 1. The Morgan fingerprint density at radius 2 is 1.50 bits per heavy atom. The smallest absolute Gasteiger partial charge is 0.338 e. The van der Waals surface area contributed by atoms with E-state index in [0.29, 0.717) is 19.6 Å². The molecule has 0 aliphatic rings. The molecule has 0 unspecified atom stereocenters. The lowest BCUT2D eigenvalue weighted by Crippen LogP contribution is -2.31. The topological polar surface area (TPSA) is 84.0 Å². The number of aryl methyl sites for hydroxylation is 1. The van der Waals surface area contributed by atoms with E-state index in [9.17, 15) is 18.0 Å². The van der Waals surface area contributed by atoms with Crippen molar-refractivity contribution in [3.63, 3.8) is 0 Å². The average molecular weight is 433 g/mol. The Morgan fingerprint density at radius 1 is 0.933 bits per heavy atom. The molecule has 1 amide bonds. The summed E-state index contributed by atoms with van der Waals surface area (Å²) in [5, 5.41) is 0. The molecule has 2 rings (SSSR count). The Morgan fingerprint density at radius 3 is 2.03 bits per heavy atom. The molecule has 2 aromatic carbocycles. The minimum Gasteiger partial charge on any atom is -0.452 e. The number of amides is 1. The predicted molar refractivity (Wildman–Crippen MR) is 114 cm³/mol. The Labute approximate surface area is 178 Å². The molecule has 0 N–H and O–H groups in total. The number of benzene rings is 2. The van der Waals surface area contributed by atoms with Gasteiger partial charge in [-0.3, -0.25) is 4.79 Å². The zero-order valence-electron chi connectivity index (χ0n) is 17.8. The molecule has 0 saturated heterocycles. The van der Waals surface area contributed by atoms with Crippen LogP contribution >= 0.6 is 0 Å². The average Bonchev–Trinajstić information content (AvgIpc) is 2.74. The summed E-state index contributed by atoms with van der Waals surface area (Å²) in [7, 11) is -1.95. The molecule has 0 saturated carbocycles. The maximum Gasteiger partial charge on any atom is 0.338 e. The van der Waals surface area contributed by atoms with E-state index in [0.717, 1.165) is 11.1 Å². The van der Waals surface area contributed by atoms with Gasteiger partial charge in [0.2, 0.25) is 10.0 Å². The molecule has 0 atom stereocenters. The van der Waals surface area contributed by atoms with Crippen molar-refractivity contribution in [2.45, 2.75) is 32.2 Å². The second-order valence-electron chi connectivity index (χ2n) is 6.93. The van der Waals surface area contributed by atoms with Gasteiger partial charge in [0.1, 0.15) is 0 Å². The van der Waals surface area contributed by atoms with Crippen LogP contribution < -0.4 is 0 Å².